The van der Waals surface area contributed by atoms with Gasteiger partial charge in [-0.05, 0) is 160 Å². The van der Waals surface area contributed by atoms with Crippen molar-refractivity contribution < 1.29 is 14.4 Å². The number of carbonyl (C=O) groups is 3. The van der Waals surface area contributed by atoms with Crippen LogP contribution in [0.15, 0.2) is 186 Å². The number of hydrogen-bond acceptors (Lipinski definition) is 16. The molecule has 0 bridgehead atoms. The summed E-state index contributed by atoms with van der Waals surface area (Å²) < 4.78 is 8.98. The van der Waals surface area contributed by atoms with Crippen LogP contribution in [0.5, 0.6) is 0 Å². The van der Waals surface area contributed by atoms with Crippen molar-refractivity contribution in [3.05, 3.63) is 218 Å². The lowest BCUT2D eigenvalue weighted by atomic mass is 9.90. The molecule has 1 fully saturated rings. The van der Waals surface area contributed by atoms with Crippen molar-refractivity contribution in [3.63, 3.8) is 0 Å². The highest BCUT2D eigenvalue weighted by molar-refractivity contribution is 6.31. The number of nitrogens with two attached hydrogens (primary N) is 3. The Hall–Kier alpha value is -11.0. The number of imidazole rings is 3. The van der Waals surface area contributed by atoms with E-state index >= 15 is 0 Å². The number of benzene rings is 4. The Kier molecular flexibility index (Phi) is 20.1. The Morgan fingerprint density at radius 2 is 0.947 bits per heavy atom. The molecule has 0 spiro atoms. The second-order valence-electron chi connectivity index (χ2n) is 21.5. The number of likely N-dealkylation sites (N-methyl/N-ethyl adjacent to an activating group) is 3. The highest BCUT2D eigenvalue weighted by Gasteiger charge is 2.31. The molecular weight excluding hydrogens is 1260 g/mol. The summed E-state index contributed by atoms with van der Waals surface area (Å²) in [5, 5.41) is 1.67. The van der Waals surface area contributed by atoms with Crippen LogP contribution < -0.4 is 44.1 Å². The van der Waals surface area contributed by atoms with Crippen molar-refractivity contribution in [2.45, 2.75) is 64.5 Å². The quantitative estimate of drug-likeness (QED) is 0.0853. The Balaban J connectivity index is 0.000000154. The molecule has 3 amide bonds. The summed E-state index contributed by atoms with van der Waals surface area (Å²) in [4.78, 5) is 111. The van der Waals surface area contributed by atoms with Gasteiger partial charge in [-0.2, -0.15) is 0 Å². The van der Waals surface area contributed by atoms with E-state index in [2.05, 4.69) is 41.5 Å². The maximum absolute atomic E-state index is 13.6. The second kappa shape index (κ2) is 28.7. The van der Waals surface area contributed by atoms with Crippen LogP contribution in [0.3, 0.4) is 0 Å². The first-order chi connectivity index (χ1) is 45.3. The molecule has 7 aromatic heterocycles. The number of anilines is 5. The zero-order chi connectivity index (χ0) is 67.1. The van der Waals surface area contributed by atoms with Crippen LogP contribution in [0.4, 0.5) is 29.0 Å². The fraction of sp³-hybridized carbons (Fsp3) is 0.197. The first-order valence-corrected chi connectivity index (χ1v) is 30.7. The average molecular weight is 1330 g/mol. The van der Waals surface area contributed by atoms with E-state index in [4.69, 9.17) is 52.0 Å². The molecule has 0 aliphatic heterocycles. The van der Waals surface area contributed by atoms with Gasteiger partial charge in [-0.3, -0.25) is 37.6 Å². The molecule has 0 saturated heterocycles. The first kappa shape index (κ1) is 65.9. The normalized spacial score (nSPS) is 13.8. The SMILES string of the molecule is C=CC(=O)N(C)c1cccc(-n2c(=O)n(-c3ccc(Cl)cc3)c3c(N)ncnc32)c1.CC/C=C/C(=O)N(C)C1CCC(n2c(=O)n(-c3ccc(Cl)cc3)c3c(N)ncnc32)CC1.CC/C=C/C(=O)N(C)c1ccc(-n2c(=O)n(-c3ccc(Cl)cc3)c3c(N)ncnc32)cn1. The van der Waals surface area contributed by atoms with Crippen molar-refractivity contribution in [2.75, 3.05) is 48.1 Å². The van der Waals surface area contributed by atoms with Gasteiger partial charge in [0.2, 0.25) is 11.8 Å². The smallest absolute Gasteiger partial charge is 0.339 e. The van der Waals surface area contributed by atoms with Gasteiger partial charge >= 0.3 is 17.1 Å². The van der Waals surface area contributed by atoms with Gasteiger partial charge in [0.15, 0.2) is 34.4 Å². The van der Waals surface area contributed by atoms with Crippen molar-refractivity contribution in [2.24, 2.45) is 0 Å². The predicted molar refractivity (Wildman–Crippen MR) is 368 cm³/mol. The van der Waals surface area contributed by atoms with E-state index < -0.39 is 0 Å². The van der Waals surface area contributed by atoms with Gasteiger partial charge in [0, 0.05) is 54.0 Å². The number of halogens is 3. The lowest BCUT2D eigenvalue weighted by molar-refractivity contribution is -0.127. The minimum atomic E-state index is -0.389. The van der Waals surface area contributed by atoms with Gasteiger partial charge in [0.1, 0.15) is 41.3 Å². The Labute approximate surface area is 552 Å². The van der Waals surface area contributed by atoms with Crippen LogP contribution in [-0.2, 0) is 14.4 Å². The zero-order valence-electron chi connectivity index (χ0n) is 51.7. The molecule has 0 atom stereocenters. The van der Waals surface area contributed by atoms with E-state index in [-0.39, 0.29) is 64.3 Å². The highest BCUT2D eigenvalue weighted by Crippen LogP contribution is 2.34. The molecule has 28 heteroatoms. The number of nitrogens with zero attached hydrogens (tertiary/aromatic N) is 16. The lowest BCUT2D eigenvalue weighted by Crippen LogP contribution is -2.40. The van der Waals surface area contributed by atoms with E-state index in [1.807, 2.05) is 31.9 Å². The van der Waals surface area contributed by atoms with Crippen LogP contribution >= 0.6 is 34.8 Å². The van der Waals surface area contributed by atoms with E-state index in [0.29, 0.717) is 88.5 Å². The van der Waals surface area contributed by atoms with Crippen LogP contribution in [0.25, 0.3) is 61.9 Å². The summed E-state index contributed by atoms with van der Waals surface area (Å²) >= 11 is 18.0. The third-order valence-electron chi connectivity index (χ3n) is 15.8. The largest absolute Gasteiger partial charge is 0.382 e. The topological polar surface area (TPSA) is 310 Å². The molecule has 480 valence electrons. The Morgan fingerprint density at radius 1 is 0.511 bits per heavy atom. The summed E-state index contributed by atoms with van der Waals surface area (Å²) in [6.07, 6.45) is 18.3. The minimum Gasteiger partial charge on any atom is -0.382 e. The van der Waals surface area contributed by atoms with E-state index in [1.165, 1.54) is 65.4 Å². The molecular formula is C66H64Cl3N19O6. The van der Waals surface area contributed by atoms with E-state index in [9.17, 15) is 28.8 Å². The Bertz CT molecular complexity index is 4890. The first-order valence-electron chi connectivity index (χ1n) is 29.6. The maximum Gasteiger partial charge on any atom is 0.339 e. The van der Waals surface area contributed by atoms with Gasteiger partial charge in [0.05, 0.1) is 34.6 Å². The van der Waals surface area contributed by atoms with E-state index in [1.54, 1.807) is 145 Å². The molecule has 7 heterocycles. The third-order valence-corrected chi connectivity index (χ3v) is 16.6. The maximum atomic E-state index is 13.6. The standard InChI is InChI=1S/C23H27ClN6O2.C22H20ClN7O2.C21H17ClN6O2/c1-3-4-5-19(31)28(2)16-10-12-18(13-11-16)30-22-20(21(25)26-14-27-22)29(23(30)32)17-8-6-15(24)7-9-17;1-3-4-5-18(31)28(2)17-11-10-16(12-25-17)30-21-19(20(24)26-13-27-21)29(22(30)32)15-8-6-14(23)7-9-15;1-3-17(29)26(2)15-5-4-6-16(11-15)28-20-18(19(23)24-12-25-20)27(21(28)30)14-9-7-13(22)8-10-14/h4-9,14,16,18H,3,10-13H2,1-2H3,(H2,25,26,27);4-13H,3H2,1-2H3,(H2,24,26,27);3-12H,1H2,2H3,(H2,23,24,25)/b2*5-4+;. The molecule has 94 heavy (non-hydrogen) atoms. The minimum absolute atomic E-state index is 0.0207. The van der Waals surface area contributed by atoms with Crippen LogP contribution in [0, 0.1) is 0 Å². The molecule has 4 aromatic carbocycles. The fourth-order valence-electron chi connectivity index (χ4n) is 10.9. The van der Waals surface area contributed by atoms with E-state index in [0.717, 1.165) is 38.5 Å². The zero-order valence-corrected chi connectivity index (χ0v) is 53.9. The molecule has 11 aromatic rings. The van der Waals surface area contributed by atoms with Gasteiger partial charge < -0.3 is 27.0 Å². The molecule has 6 N–H and O–H groups in total. The molecule has 1 saturated carbocycles. The number of nitrogen functional groups attached to an aromatic ring is 3. The number of fused-ring (bicyclic) bond motifs is 3. The summed E-state index contributed by atoms with van der Waals surface area (Å²) in [7, 11) is 5.11. The number of pyridine rings is 1. The predicted octanol–water partition coefficient (Wildman–Crippen LogP) is 9.81. The number of rotatable bonds is 14. The van der Waals surface area contributed by atoms with Crippen molar-refractivity contribution in [1.82, 2.24) is 67.2 Å². The number of carbonyl (C=O) groups excluding carboxylic acids is 3. The number of aromatic nitrogens is 13. The van der Waals surface area contributed by atoms with Gasteiger partial charge in [0.25, 0.3) is 5.91 Å². The summed E-state index contributed by atoms with van der Waals surface area (Å²) in [6.45, 7) is 7.46. The van der Waals surface area contributed by atoms with Crippen molar-refractivity contribution in [3.8, 4) is 28.4 Å². The molecule has 1 aliphatic carbocycles. The van der Waals surface area contributed by atoms with Crippen LogP contribution in [0.2, 0.25) is 15.1 Å². The molecule has 25 nitrogen and oxygen atoms in total. The summed E-state index contributed by atoms with van der Waals surface area (Å²) in [5.41, 5.74) is 23.3. The van der Waals surface area contributed by atoms with Crippen LogP contribution in [-0.4, -0.2) is 112 Å². The van der Waals surface area contributed by atoms with Gasteiger partial charge in [-0.25, -0.2) is 58.4 Å². The van der Waals surface area contributed by atoms with Crippen LogP contribution in [0.1, 0.15) is 58.4 Å². The average Bonchev–Trinajstić information content (AvgIpc) is 1.61. The van der Waals surface area contributed by atoms with Crippen molar-refractivity contribution >= 4 is 115 Å². The summed E-state index contributed by atoms with van der Waals surface area (Å²) in [6, 6.07) is 31.1. The lowest BCUT2D eigenvalue weighted by Gasteiger charge is -2.34. The third kappa shape index (κ3) is 13.4. The Morgan fingerprint density at radius 3 is 1.40 bits per heavy atom. The molecule has 0 radical (unpaired) electrons. The number of amides is 3. The second-order valence-corrected chi connectivity index (χ2v) is 22.9. The number of allylic oxidation sites excluding steroid dienone is 2. The fourth-order valence-corrected chi connectivity index (χ4v) is 11.3. The monoisotopic (exact) mass is 1320 g/mol. The van der Waals surface area contributed by atoms with Crippen molar-refractivity contribution in [1.29, 1.82) is 0 Å². The molecule has 1 aliphatic rings. The highest BCUT2D eigenvalue weighted by atomic mass is 35.5. The van der Waals surface area contributed by atoms with Gasteiger partial charge in [-0.15, -0.1) is 0 Å². The molecule has 12 rings (SSSR count). The molecule has 0 unspecified atom stereocenters. The summed E-state index contributed by atoms with van der Waals surface area (Å²) in [5.74, 6) is 0.594. The number of hydrogen-bond donors (Lipinski definition) is 3. The van der Waals surface area contributed by atoms with Gasteiger partial charge in [-0.1, -0.05) is 73.4 Å².